The Bertz CT molecular complexity index is 354. The average molecular weight is 267 g/mol. The number of rotatable bonds is 5. The molecule has 0 amide bonds. The zero-order valence-corrected chi connectivity index (χ0v) is 12.5. The summed E-state index contributed by atoms with van der Waals surface area (Å²) < 4.78 is 2.03. The van der Waals surface area contributed by atoms with Gasteiger partial charge in [0.05, 0.1) is 6.20 Å². The third-order valence-electron chi connectivity index (χ3n) is 3.79. The first-order valence-electron chi connectivity index (χ1n) is 6.98. The van der Waals surface area contributed by atoms with Crippen molar-refractivity contribution in [1.29, 1.82) is 0 Å². The minimum absolute atomic E-state index is 0.454. The molecule has 4 heteroatoms. The second-order valence-corrected chi connectivity index (χ2v) is 6.65. The molecular formula is C14H25N3S. The van der Waals surface area contributed by atoms with Crippen LogP contribution in [-0.4, -0.2) is 27.3 Å². The molecule has 1 saturated carbocycles. The fourth-order valence-electron chi connectivity index (χ4n) is 2.52. The first-order chi connectivity index (χ1) is 8.69. The van der Waals surface area contributed by atoms with Crippen LogP contribution in [0.1, 0.15) is 51.1 Å². The van der Waals surface area contributed by atoms with E-state index in [1.165, 1.54) is 31.2 Å². The molecule has 0 radical (unpaired) electrons. The van der Waals surface area contributed by atoms with Gasteiger partial charge >= 0.3 is 0 Å². The molecular weight excluding hydrogens is 242 g/mol. The Labute approximate surface area is 115 Å². The van der Waals surface area contributed by atoms with Crippen LogP contribution in [0.3, 0.4) is 0 Å². The van der Waals surface area contributed by atoms with E-state index in [2.05, 4.69) is 36.7 Å². The van der Waals surface area contributed by atoms with Crippen LogP contribution in [0.4, 0.5) is 0 Å². The van der Waals surface area contributed by atoms with Crippen molar-refractivity contribution in [3.8, 4) is 0 Å². The van der Waals surface area contributed by atoms with Gasteiger partial charge in [-0.25, -0.2) is 0 Å². The van der Waals surface area contributed by atoms with Crippen LogP contribution in [0.25, 0.3) is 0 Å². The summed E-state index contributed by atoms with van der Waals surface area (Å²) in [5, 5.41) is 8.95. The van der Waals surface area contributed by atoms with Crippen molar-refractivity contribution in [2.45, 2.75) is 63.4 Å². The fourth-order valence-corrected chi connectivity index (χ4v) is 3.26. The Morgan fingerprint density at radius 1 is 1.39 bits per heavy atom. The highest BCUT2D eigenvalue weighted by Gasteiger charge is 2.19. The van der Waals surface area contributed by atoms with E-state index in [0.717, 1.165) is 11.8 Å². The summed E-state index contributed by atoms with van der Waals surface area (Å²) in [7, 11) is 0. The molecule has 0 saturated heterocycles. The van der Waals surface area contributed by atoms with Crippen molar-refractivity contribution in [1.82, 2.24) is 15.1 Å². The molecule has 0 spiro atoms. The molecule has 2 rings (SSSR count). The van der Waals surface area contributed by atoms with Gasteiger partial charge in [-0.1, -0.05) is 0 Å². The lowest BCUT2D eigenvalue weighted by Crippen LogP contribution is -2.33. The van der Waals surface area contributed by atoms with Crippen LogP contribution in [0.2, 0.25) is 0 Å². The van der Waals surface area contributed by atoms with Crippen LogP contribution in [0.15, 0.2) is 12.4 Å². The number of nitrogens with one attached hydrogen (secondary N) is 1. The van der Waals surface area contributed by atoms with Crippen LogP contribution < -0.4 is 5.32 Å². The maximum Gasteiger partial charge on any atom is 0.0534 e. The molecule has 102 valence electrons. The Kier molecular flexibility index (Phi) is 5.13. The van der Waals surface area contributed by atoms with Gasteiger partial charge in [-0.3, -0.25) is 4.68 Å². The van der Waals surface area contributed by atoms with Crippen LogP contribution in [0.5, 0.6) is 0 Å². The maximum atomic E-state index is 4.38. The van der Waals surface area contributed by atoms with Gasteiger partial charge in [0.2, 0.25) is 0 Å². The average Bonchev–Trinajstić information content (AvgIpc) is 2.86. The van der Waals surface area contributed by atoms with Gasteiger partial charge in [-0.05, 0) is 45.8 Å². The monoisotopic (exact) mass is 267 g/mol. The van der Waals surface area contributed by atoms with E-state index >= 15 is 0 Å². The van der Waals surface area contributed by atoms with Gasteiger partial charge in [0.15, 0.2) is 0 Å². The summed E-state index contributed by atoms with van der Waals surface area (Å²) in [6.45, 7) is 5.28. The molecule has 1 aromatic heterocycles. The number of thioether (sulfide) groups is 1. The highest BCUT2D eigenvalue weighted by Crippen LogP contribution is 2.26. The summed E-state index contributed by atoms with van der Waals surface area (Å²) in [6.07, 6.45) is 11.8. The van der Waals surface area contributed by atoms with E-state index in [0.29, 0.717) is 12.1 Å². The minimum atomic E-state index is 0.454. The van der Waals surface area contributed by atoms with Crippen molar-refractivity contribution in [3.63, 3.8) is 0 Å². The molecule has 1 heterocycles. The molecule has 1 aliphatic carbocycles. The standard InChI is InChI=1S/C14H25N3S/c1-11(2)17-10-12(9-16-17)8-15-13-4-6-14(18-3)7-5-13/h9-11,13-15H,4-8H2,1-3H3. The lowest BCUT2D eigenvalue weighted by Gasteiger charge is -2.28. The van der Waals surface area contributed by atoms with Crippen LogP contribution in [-0.2, 0) is 6.54 Å². The van der Waals surface area contributed by atoms with E-state index in [9.17, 15) is 0 Å². The van der Waals surface area contributed by atoms with Crippen molar-refractivity contribution >= 4 is 11.8 Å². The Morgan fingerprint density at radius 3 is 2.67 bits per heavy atom. The molecule has 1 N–H and O–H groups in total. The predicted octanol–water partition coefficient (Wildman–Crippen LogP) is 3.23. The summed E-state index contributed by atoms with van der Waals surface area (Å²) >= 11 is 2.03. The SMILES string of the molecule is CSC1CCC(NCc2cnn(C(C)C)c2)CC1. The Morgan fingerprint density at radius 2 is 2.11 bits per heavy atom. The first kappa shape index (κ1) is 13.9. The quantitative estimate of drug-likeness (QED) is 0.888. The van der Waals surface area contributed by atoms with E-state index in [1.807, 2.05) is 22.6 Å². The summed E-state index contributed by atoms with van der Waals surface area (Å²) in [6, 6.07) is 1.16. The third kappa shape index (κ3) is 3.75. The van der Waals surface area contributed by atoms with Crippen molar-refractivity contribution in [3.05, 3.63) is 18.0 Å². The molecule has 0 bridgehead atoms. The van der Waals surface area contributed by atoms with E-state index in [-0.39, 0.29) is 0 Å². The maximum absolute atomic E-state index is 4.38. The van der Waals surface area contributed by atoms with Crippen molar-refractivity contribution in [2.75, 3.05) is 6.26 Å². The molecule has 1 aromatic rings. The number of nitrogens with zero attached hydrogens (tertiary/aromatic N) is 2. The lowest BCUT2D eigenvalue weighted by atomic mass is 9.95. The van der Waals surface area contributed by atoms with E-state index in [1.54, 1.807) is 0 Å². The smallest absolute Gasteiger partial charge is 0.0534 e. The van der Waals surface area contributed by atoms with E-state index in [4.69, 9.17) is 0 Å². The van der Waals surface area contributed by atoms with Gasteiger partial charge in [0.1, 0.15) is 0 Å². The summed E-state index contributed by atoms with van der Waals surface area (Å²) in [5.74, 6) is 0. The third-order valence-corrected chi connectivity index (χ3v) is 4.92. The zero-order valence-electron chi connectivity index (χ0n) is 11.7. The molecule has 0 aliphatic heterocycles. The molecule has 1 aliphatic rings. The van der Waals surface area contributed by atoms with Gasteiger partial charge in [0, 0.05) is 35.6 Å². The second kappa shape index (κ2) is 6.62. The van der Waals surface area contributed by atoms with E-state index < -0.39 is 0 Å². The van der Waals surface area contributed by atoms with Gasteiger partial charge in [-0.2, -0.15) is 16.9 Å². The highest BCUT2D eigenvalue weighted by atomic mass is 32.2. The zero-order chi connectivity index (χ0) is 13.0. The molecule has 0 atom stereocenters. The fraction of sp³-hybridized carbons (Fsp3) is 0.786. The largest absolute Gasteiger partial charge is 0.310 e. The van der Waals surface area contributed by atoms with Crippen LogP contribution in [0, 0.1) is 0 Å². The number of aromatic nitrogens is 2. The van der Waals surface area contributed by atoms with Gasteiger partial charge < -0.3 is 5.32 Å². The summed E-state index contributed by atoms with van der Waals surface area (Å²) in [5.41, 5.74) is 1.30. The second-order valence-electron chi connectivity index (χ2n) is 5.51. The number of hydrogen-bond acceptors (Lipinski definition) is 3. The van der Waals surface area contributed by atoms with Crippen LogP contribution >= 0.6 is 11.8 Å². The normalized spacial score (nSPS) is 24.7. The lowest BCUT2D eigenvalue weighted by molar-refractivity contribution is 0.379. The van der Waals surface area contributed by atoms with Crippen molar-refractivity contribution < 1.29 is 0 Å². The Hall–Kier alpha value is -0.480. The van der Waals surface area contributed by atoms with Gasteiger partial charge in [0.25, 0.3) is 0 Å². The molecule has 3 nitrogen and oxygen atoms in total. The highest BCUT2D eigenvalue weighted by molar-refractivity contribution is 7.99. The first-order valence-corrected chi connectivity index (χ1v) is 8.27. The Balaban J connectivity index is 1.74. The van der Waals surface area contributed by atoms with Gasteiger partial charge in [-0.15, -0.1) is 0 Å². The molecule has 18 heavy (non-hydrogen) atoms. The summed E-state index contributed by atoms with van der Waals surface area (Å²) in [4.78, 5) is 0. The minimum Gasteiger partial charge on any atom is -0.310 e. The molecule has 0 aromatic carbocycles. The topological polar surface area (TPSA) is 29.9 Å². The van der Waals surface area contributed by atoms with Crippen molar-refractivity contribution in [2.24, 2.45) is 0 Å². The molecule has 0 unspecified atom stereocenters. The number of hydrogen-bond donors (Lipinski definition) is 1. The predicted molar refractivity (Wildman–Crippen MR) is 79.0 cm³/mol. The molecule has 1 fully saturated rings.